The Bertz CT molecular complexity index is 1040. The molecular formula is C23H23ClN4O2. The van der Waals surface area contributed by atoms with Crippen molar-refractivity contribution in [1.82, 2.24) is 19.9 Å². The highest BCUT2D eigenvalue weighted by Crippen LogP contribution is 2.19. The third-order valence-corrected chi connectivity index (χ3v) is 5.33. The van der Waals surface area contributed by atoms with E-state index in [-0.39, 0.29) is 5.91 Å². The summed E-state index contributed by atoms with van der Waals surface area (Å²) in [6.45, 7) is 5.50. The largest absolute Gasteiger partial charge is 0.338 e. The molecule has 0 N–H and O–H groups in total. The molecule has 0 bridgehead atoms. The molecule has 0 aliphatic carbocycles. The minimum Gasteiger partial charge on any atom is -0.338 e. The molecule has 3 aromatic rings. The smallest absolute Gasteiger partial charge is 0.246 e. The fourth-order valence-corrected chi connectivity index (χ4v) is 3.53. The van der Waals surface area contributed by atoms with E-state index in [0.717, 1.165) is 24.2 Å². The Hall–Kier alpha value is -2.96. The summed E-state index contributed by atoms with van der Waals surface area (Å²) in [5.41, 5.74) is 3.08. The van der Waals surface area contributed by atoms with Gasteiger partial charge in [-0.05, 0) is 42.8 Å². The van der Waals surface area contributed by atoms with Crippen LogP contribution in [0.15, 0.2) is 59.1 Å². The summed E-state index contributed by atoms with van der Waals surface area (Å²) in [6, 6.07) is 15.4. The third-order valence-electron chi connectivity index (χ3n) is 5.07. The second-order valence-corrected chi connectivity index (χ2v) is 7.80. The van der Waals surface area contributed by atoms with Crippen molar-refractivity contribution in [3.63, 3.8) is 0 Å². The van der Waals surface area contributed by atoms with Gasteiger partial charge in [-0.1, -0.05) is 46.6 Å². The number of rotatable bonds is 5. The molecule has 2 heterocycles. The van der Waals surface area contributed by atoms with Crippen LogP contribution >= 0.6 is 11.6 Å². The predicted molar refractivity (Wildman–Crippen MR) is 117 cm³/mol. The molecule has 0 unspecified atom stereocenters. The summed E-state index contributed by atoms with van der Waals surface area (Å²) in [7, 11) is 0. The third kappa shape index (κ3) is 5.14. The van der Waals surface area contributed by atoms with Crippen LogP contribution in [0.1, 0.15) is 17.0 Å². The quantitative estimate of drug-likeness (QED) is 0.580. The number of aryl methyl sites for hydroxylation is 1. The van der Waals surface area contributed by atoms with Crippen LogP contribution in [0.5, 0.6) is 0 Å². The van der Waals surface area contributed by atoms with Crippen molar-refractivity contribution in [3.05, 3.63) is 76.6 Å². The highest BCUT2D eigenvalue weighted by atomic mass is 35.5. The van der Waals surface area contributed by atoms with Gasteiger partial charge in [0.15, 0.2) is 0 Å². The standard InChI is InChI=1S/C23H23ClN4O2/c1-17-3-2-4-18(15-17)5-10-22(29)28-13-11-27(12-14-28)16-21-25-23(26-30-21)19-6-8-20(24)9-7-19/h2-10,15H,11-14,16H2,1H3/b10-5+. The lowest BCUT2D eigenvalue weighted by Crippen LogP contribution is -2.47. The van der Waals surface area contributed by atoms with Crippen LogP contribution < -0.4 is 0 Å². The molecule has 0 saturated carbocycles. The summed E-state index contributed by atoms with van der Waals surface area (Å²) in [4.78, 5) is 21.0. The maximum absolute atomic E-state index is 12.5. The first kappa shape index (κ1) is 20.3. The molecule has 1 aliphatic heterocycles. The van der Waals surface area contributed by atoms with Gasteiger partial charge in [0, 0.05) is 42.8 Å². The molecule has 0 radical (unpaired) electrons. The fraction of sp³-hybridized carbons (Fsp3) is 0.261. The molecule has 1 amide bonds. The molecule has 154 valence electrons. The second kappa shape index (κ2) is 9.24. The van der Waals surface area contributed by atoms with Crippen molar-refractivity contribution >= 4 is 23.6 Å². The number of nitrogens with zero attached hydrogens (tertiary/aromatic N) is 4. The summed E-state index contributed by atoms with van der Waals surface area (Å²) in [5.74, 6) is 1.16. The zero-order valence-electron chi connectivity index (χ0n) is 16.8. The van der Waals surface area contributed by atoms with Crippen molar-refractivity contribution in [2.45, 2.75) is 13.5 Å². The Kier molecular flexibility index (Phi) is 6.26. The normalized spacial score (nSPS) is 15.1. The number of carbonyl (C=O) groups is 1. The first-order valence-corrected chi connectivity index (χ1v) is 10.3. The molecule has 2 aromatic carbocycles. The van der Waals surface area contributed by atoms with Crippen LogP contribution in [-0.4, -0.2) is 52.0 Å². The Morgan fingerprint density at radius 3 is 2.63 bits per heavy atom. The molecule has 6 nitrogen and oxygen atoms in total. The number of hydrogen-bond donors (Lipinski definition) is 0. The Labute approximate surface area is 180 Å². The van der Waals surface area contributed by atoms with E-state index in [1.165, 1.54) is 5.56 Å². The number of amides is 1. The molecule has 1 aliphatic rings. The van der Waals surface area contributed by atoms with E-state index in [0.29, 0.717) is 36.4 Å². The topological polar surface area (TPSA) is 62.5 Å². The van der Waals surface area contributed by atoms with Crippen molar-refractivity contribution in [3.8, 4) is 11.4 Å². The van der Waals surface area contributed by atoms with Crippen LogP contribution in [0.4, 0.5) is 0 Å². The molecule has 7 heteroatoms. The minimum atomic E-state index is 0.0407. The van der Waals surface area contributed by atoms with Gasteiger partial charge in [-0.15, -0.1) is 0 Å². The number of aromatic nitrogens is 2. The lowest BCUT2D eigenvalue weighted by molar-refractivity contribution is -0.127. The summed E-state index contributed by atoms with van der Waals surface area (Å²) >= 11 is 5.92. The Morgan fingerprint density at radius 2 is 1.90 bits per heavy atom. The first-order chi connectivity index (χ1) is 14.6. The summed E-state index contributed by atoms with van der Waals surface area (Å²) in [5, 5.41) is 4.72. The SMILES string of the molecule is Cc1cccc(/C=C/C(=O)N2CCN(Cc3nc(-c4ccc(Cl)cc4)no3)CC2)c1. The van der Waals surface area contributed by atoms with Gasteiger partial charge in [0.25, 0.3) is 0 Å². The minimum absolute atomic E-state index is 0.0407. The molecule has 0 atom stereocenters. The van der Waals surface area contributed by atoms with Gasteiger partial charge in [-0.3, -0.25) is 9.69 Å². The van der Waals surface area contributed by atoms with E-state index in [4.69, 9.17) is 16.1 Å². The van der Waals surface area contributed by atoms with Gasteiger partial charge >= 0.3 is 0 Å². The van der Waals surface area contributed by atoms with E-state index in [1.54, 1.807) is 18.2 Å². The van der Waals surface area contributed by atoms with Crippen LogP contribution in [0.3, 0.4) is 0 Å². The fourth-order valence-electron chi connectivity index (χ4n) is 3.40. The van der Waals surface area contributed by atoms with E-state index >= 15 is 0 Å². The zero-order chi connectivity index (χ0) is 20.9. The average Bonchev–Trinajstić information content (AvgIpc) is 3.21. The predicted octanol–water partition coefficient (Wildman–Crippen LogP) is 4.06. The van der Waals surface area contributed by atoms with Gasteiger partial charge in [-0.25, -0.2) is 0 Å². The van der Waals surface area contributed by atoms with E-state index in [1.807, 2.05) is 48.2 Å². The van der Waals surface area contributed by atoms with Crippen LogP contribution in [0, 0.1) is 6.92 Å². The van der Waals surface area contributed by atoms with E-state index in [9.17, 15) is 4.79 Å². The number of piperazine rings is 1. The Balaban J connectivity index is 1.28. The van der Waals surface area contributed by atoms with Gasteiger partial charge in [0.2, 0.25) is 17.6 Å². The summed E-state index contributed by atoms with van der Waals surface area (Å²) < 4.78 is 5.40. The van der Waals surface area contributed by atoms with Crippen molar-refractivity contribution in [2.75, 3.05) is 26.2 Å². The number of hydrogen-bond acceptors (Lipinski definition) is 5. The van der Waals surface area contributed by atoms with Gasteiger partial charge < -0.3 is 9.42 Å². The average molecular weight is 423 g/mol. The zero-order valence-corrected chi connectivity index (χ0v) is 17.5. The van der Waals surface area contributed by atoms with E-state index in [2.05, 4.69) is 21.1 Å². The van der Waals surface area contributed by atoms with E-state index < -0.39 is 0 Å². The number of benzene rings is 2. The second-order valence-electron chi connectivity index (χ2n) is 7.37. The monoisotopic (exact) mass is 422 g/mol. The highest BCUT2D eigenvalue weighted by molar-refractivity contribution is 6.30. The molecular weight excluding hydrogens is 400 g/mol. The van der Waals surface area contributed by atoms with Crippen molar-refractivity contribution in [2.24, 2.45) is 0 Å². The highest BCUT2D eigenvalue weighted by Gasteiger charge is 2.21. The Morgan fingerprint density at radius 1 is 1.13 bits per heavy atom. The molecule has 30 heavy (non-hydrogen) atoms. The van der Waals surface area contributed by atoms with Gasteiger partial charge in [0.1, 0.15) is 0 Å². The van der Waals surface area contributed by atoms with Crippen molar-refractivity contribution in [1.29, 1.82) is 0 Å². The number of halogens is 1. The maximum atomic E-state index is 12.5. The molecule has 0 spiro atoms. The van der Waals surface area contributed by atoms with Gasteiger partial charge in [0.05, 0.1) is 6.54 Å². The van der Waals surface area contributed by atoms with Crippen LogP contribution in [-0.2, 0) is 11.3 Å². The van der Waals surface area contributed by atoms with Gasteiger partial charge in [-0.2, -0.15) is 4.98 Å². The number of carbonyl (C=O) groups excluding carboxylic acids is 1. The maximum Gasteiger partial charge on any atom is 0.246 e. The lowest BCUT2D eigenvalue weighted by Gasteiger charge is -2.33. The summed E-state index contributed by atoms with van der Waals surface area (Å²) in [6.07, 6.45) is 3.53. The molecule has 1 saturated heterocycles. The molecule has 1 aromatic heterocycles. The molecule has 4 rings (SSSR count). The van der Waals surface area contributed by atoms with Crippen LogP contribution in [0.25, 0.3) is 17.5 Å². The first-order valence-electron chi connectivity index (χ1n) is 9.91. The lowest BCUT2D eigenvalue weighted by atomic mass is 10.1. The molecule has 1 fully saturated rings. The van der Waals surface area contributed by atoms with Crippen LogP contribution in [0.2, 0.25) is 5.02 Å². The van der Waals surface area contributed by atoms with Crippen molar-refractivity contribution < 1.29 is 9.32 Å².